The van der Waals surface area contributed by atoms with Crippen molar-refractivity contribution in [2.75, 3.05) is 0 Å². The van der Waals surface area contributed by atoms with Gasteiger partial charge in [0.2, 0.25) is 0 Å². The summed E-state index contributed by atoms with van der Waals surface area (Å²) in [5.74, 6) is 0. The molecular weight excluding hydrogens is 567 g/mol. The highest BCUT2D eigenvalue weighted by molar-refractivity contribution is 7.27. The Bertz CT molecular complexity index is 2650. The van der Waals surface area contributed by atoms with E-state index in [9.17, 15) is 0 Å². The van der Waals surface area contributed by atoms with Crippen molar-refractivity contribution in [2.45, 2.75) is 0 Å². The van der Waals surface area contributed by atoms with E-state index in [-0.39, 0.29) is 0 Å². The number of hydrogen-bond donors (Lipinski definition) is 0. The molecule has 3 heteroatoms. The lowest BCUT2D eigenvalue weighted by Gasteiger charge is -2.10. The minimum atomic E-state index is 0.934. The number of aromatic nitrogens is 1. The van der Waals surface area contributed by atoms with Gasteiger partial charge in [-0.05, 0) is 70.8 Å². The molecule has 0 saturated heterocycles. The molecule has 0 N–H and O–H groups in total. The van der Waals surface area contributed by atoms with Crippen molar-refractivity contribution in [3.05, 3.63) is 152 Å². The van der Waals surface area contributed by atoms with E-state index in [4.69, 9.17) is 4.42 Å². The molecule has 7 aromatic carbocycles. The van der Waals surface area contributed by atoms with Crippen LogP contribution in [0.15, 0.2) is 156 Å². The maximum Gasteiger partial charge on any atom is 0.136 e. The molecule has 3 aromatic heterocycles. The number of fused-ring (bicyclic) bond motifs is 10. The van der Waals surface area contributed by atoms with Gasteiger partial charge in [-0.3, -0.25) is 0 Å². The molecule has 0 amide bonds. The highest BCUT2D eigenvalue weighted by Gasteiger charge is 2.20. The van der Waals surface area contributed by atoms with Crippen molar-refractivity contribution < 1.29 is 4.42 Å². The highest BCUT2D eigenvalue weighted by Crippen LogP contribution is 2.46. The van der Waals surface area contributed by atoms with Crippen molar-refractivity contribution in [3.8, 4) is 27.9 Å². The van der Waals surface area contributed by atoms with Crippen LogP contribution in [0.3, 0.4) is 0 Å². The van der Waals surface area contributed by atoms with Gasteiger partial charge in [-0.2, -0.15) is 0 Å². The maximum absolute atomic E-state index is 6.27. The molecule has 10 rings (SSSR count). The number of hydrogen-bond acceptors (Lipinski definition) is 2. The average molecular weight is 592 g/mol. The van der Waals surface area contributed by atoms with Gasteiger partial charge >= 0.3 is 0 Å². The fraction of sp³-hybridized carbons (Fsp3) is 0. The number of thiophene rings is 1. The smallest absolute Gasteiger partial charge is 0.136 e. The number of nitrogens with zero attached hydrogens (tertiary/aromatic N) is 1. The van der Waals surface area contributed by atoms with Crippen molar-refractivity contribution in [2.24, 2.45) is 0 Å². The monoisotopic (exact) mass is 591 g/mol. The Morgan fingerprint density at radius 2 is 1.00 bits per heavy atom. The zero-order valence-corrected chi connectivity index (χ0v) is 25.0. The van der Waals surface area contributed by atoms with Crippen LogP contribution < -0.4 is 0 Å². The SMILES string of the molecule is c1ccc(-c2ccc3c(c2)c2cc(-c4ccccc4)ccc2n3-c2cccc3c2sc2c3ccc3oc4ccccc4c32)cc1. The quantitative estimate of drug-likeness (QED) is 0.200. The standard InChI is InChI=1S/C42H25NOS/c1-3-10-26(11-4-1)28-18-21-35-33(24-28)34-25-29(27-12-5-2-6-13-27)19-22-36(34)43(35)37-16-9-15-30-31-20-23-39-40(42(31)45-41(30)37)32-14-7-8-17-38(32)44-39/h1-25H. The van der Waals surface area contributed by atoms with Crippen LogP contribution in [0.4, 0.5) is 0 Å². The first kappa shape index (κ1) is 24.8. The van der Waals surface area contributed by atoms with E-state index in [0.29, 0.717) is 0 Å². The molecular formula is C42H25NOS. The second-order valence-electron chi connectivity index (χ2n) is 11.7. The summed E-state index contributed by atoms with van der Waals surface area (Å²) in [6.07, 6.45) is 0. The largest absolute Gasteiger partial charge is 0.456 e. The molecule has 0 unspecified atom stereocenters. The summed E-state index contributed by atoms with van der Waals surface area (Å²) in [5, 5.41) is 7.43. The molecule has 0 aliphatic rings. The lowest BCUT2D eigenvalue weighted by atomic mass is 10.0. The predicted octanol–water partition coefficient (Wildman–Crippen LogP) is 12.4. The third kappa shape index (κ3) is 3.62. The third-order valence-electron chi connectivity index (χ3n) is 9.20. The fourth-order valence-electron chi connectivity index (χ4n) is 7.13. The molecule has 0 atom stereocenters. The molecule has 10 aromatic rings. The molecule has 0 aliphatic carbocycles. The van der Waals surface area contributed by atoms with Crippen LogP contribution in [-0.2, 0) is 0 Å². The first-order valence-electron chi connectivity index (χ1n) is 15.3. The minimum Gasteiger partial charge on any atom is -0.456 e. The number of benzene rings is 7. The Morgan fingerprint density at radius 1 is 0.400 bits per heavy atom. The summed E-state index contributed by atoms with van der Waals surface area (Å²) >= 11 is 1.87. The van der Waals surface area contributed by atoms with Crippen molar-refractivity contribution in [1.29, 1.82) is 0 Å². The first-order valence-corrected chi connectivity index (χ1v) is 16.1. The molecule has 210 valence electrons. The van der Waals surface area contributed by atoms with Crippen molar-refractivity contribution in [1.82, 2.24) is 4.57 Å². The van der Waals surface area contributed by atoms with Crippen LogP contribution in [-0.4, -0.2) is 4.57 Å². The maximum atomic E-state index is 6.27. The van der Waals surface area contributed by atoms with Crippen LogP contribution >= 0.6 is 11.3 Å². The Kier molecular flexibility index (Phi) is 5.19. The topological polar surface area (TPSA) is 18.1 Å². The van der Waals surface area contributed by atoms with E-state index in [1.807, 2.05) is 17.4 Å². The molecule has 0 fully saturated rings. The van der Waals surface area contributed by atoms with Gasteiger partial charge in [-0.1, -0.05) is 103 Å². The Morgan fingerprint density at radius 3 is 1.69 bits per heavy atom. The van der Waals surface area contributed by atoms with E-state index in [1.165, 1.54) is 80.7 Å². The first-order chi connectivity index (χ1) is 22.3. The van der Waals surface area contributed by atoms with Gasteiger partial charge in [0.25, 0.3) is 0 Å². The molecule has 0 radical (unpaired) electrons. The molecule has 0 aliphatic heterocycles. The number of para-hydroxylation sites is 1. The minimum absolute atomic E-state index is 0.934. The zero-order chi connectivity index (χ0) is 29.5. The average Bonchev–Trinajstić information content (AvgIpc) is 3.78. The molecule has 2 nitrogen and oxygen atoms in total. The Hall–Kier alpha value is -5.64. The van der Waals surface area contributed by atoms with Gasteiger partial charge in [-0.15, -0.1) is 11.3 Å². The summed E-state index contributed by atoms with van der Waals surface area (Å²) in [5.41, 5.74) is 10.4. The van der Waals surface area contributed by atoms with Crippen molar-refractivity contribution in [3.63, 3.8) is 0 Å². The van der Waals surface area contributed by atoms with Crippen LogP contribution in [0.25, 0.3) is 91.9 Å². The predicted molar refractivity (Wildman–Crippen MR) is 192 cm³/mol. The van der Waals surface area contributed by atoms with Crippen molar-refractivity contribution >= 4 is 75.3 Å². The van der Waals surface area contributed by atoms with Gasteiger partial charge in [0.05, 0.1) is 21.4 Å². The van der Waals surface area contributed by atoms with E-state index in [1.54, 1.807) is 0 Å². The molecule has 3 heterocycles. The molecule has 0 bridgehead atoms. The highest BCUT2D eigenvalue weighted by atomic mass is 32.1. The van der Waals surface area contributed by atoms with Gasteiger partial charge in [0.1, 0.15) is 11.2 Å². The summed E-state index contributed by atoms with van der Waals surface area (Å²) in [6.45, 7) is 0. The number of furan rings is 1. The number of rotatable bonds is 3. The summed E-state index contributed by atoms with van der Waals surface area (Å²) in [4.78, 5) is 0. The van der Waals surface area contributed by atoms with Crippen LogP contribution in [0.2, 0.25) is 0 Å². The lowest BCUT2D eigenvalue weighted by Crippen LogP contribution is -1.94. The van der Waals surface area contributed by atoms with Gasteiger partial charge in [0.15, 0.2) is 0 Å². The van der Waals surface area contributed by atoms with Crippen LogP contribution in [0.5, 0.6) is 0 Å². The molecule has 0 spiro atoms. The van der Waals surface area contributed by atoms with Gasteiger partial charge in [-0.25, -0.2) is 0 Å². The Labute approximate surface area is 263 Å². The van der Waals surface area contributed by atoms with E-state index >= 15 is 0 Å². The molecule has 0 saturated carbocycles. The van der Waals surface area contributed by atoms with Crippen LogP contribution in [0.1, 0.15) is 0 Å². The second kappa shape index (κ2) is 9.43. The van der Waals surface area contributed by atoms with Crippen LogP contribution in [0, 0.1) is 0 Å². The second-order valence-corrected chi connectivity index (χ2v) is 12.7. The van der Waals surface area contributed by atoms with E-state index in [2.05, 4.69) is 150 Å². The zero-order valence-electron chi connectivity index (χ0n) is 24.2. The van der Waals surface area contributed by atoms with Gasteiger partial charge < -0.3 is 8.98 Å². The normalized spacial score (nSPS) is 12.0. The van der Waals surface area contributed by atoms with E-state index < -0.39 is 0 Å². The Balaban J connectivity index is 1.30. The fourth-order valence-corrected chi connectivity index (χ4v) is 8.49. The lowest BCUT2D eigenvalue weighted by molar-refractivity contribution is 0.669. The molecule has 45 heavy (non-hydrogen) atoms. The van der Waals surface area contributed by atoms with Gasteiger partial charge in [0, 0.05) is 37.0 Å². The third-order valence-corrected chi connectivity index (χ3v) is 10.5. The van der Waals surface area contributed by atoms with E-state index in [0.717, 1.165) is 11.2 Å². The summed E-state index contributed by atoms with van der Waals surface area (Å²) < 4.78 is 11.3. The summed E-state index contributed by atoms with van der Waals surface area (Å²) in [6, 6.07) is 54.7. The summed E-state index contributed by atoms with van der Waals surface area (Å²) in [7, 11) is 0.